The maximum absolute atomic E-state index is 4.20. The van der Waals surface area contributed by atoms with Crippen molar-refractivity contribution >= 4 is 0 Å². The van der Waals surface area contributed by atoms with Crippen molar-refractivity contribution in [1.29, 1.82) is 0 Å². The van der Waals surface area contributed by atoms with Crippen LogP contribution in [0.15, 0.2) is 6.20 Å². The molecule has 1 saturated carbocycles. The summed E-state index contributed by atoms with van der Waals surface area (Å²) in [7, 11) is 0. The SMILES string of the molecule is CCC(CC1CC1)NCc1cnc(C)[nH]1. The van der Waals surface area contributed by atoms with Crippen LogP contribution in [-0.2, 0) is 6.54 Å². The van der Waals surface area contributed by atoms with Crippen molar-refractivity contribution in [3.63, 3.8) is 0 Å². The molecule has 0 spiro atoms. The van der Waals surface area contributed by atoms with Crippen LogP contribution in [0, 0.1) is 12.8 Å². The van der Waals surface area contributed by atoms with Gasteiger partial charge in [0.15, 0.2) is 0 Å². The topological polar surface area (TPSA) is 40.7 Å². The molecule has 0 aromatic carbocycles. The number of rotatable bonds is 6. The van der Waals surface area contributed by atoms with E-state index in [1.165, 1.54) is 31.4 Å². The van der Waals surface area contributed by atoms with Crippen molar-refractivity contribution in [3.05, 3.63) is 17.7 Å². The van der Waals surface area contributed by atoms with Gasteiger partial charge in [-0.15, -0.1) is 0 Å². The summed E-state index contributed by atoms with van der Waals surface area (Å²) in [5.74, 6) is 2.01. The fraction of sp³-hybridized carbons (Fsp3) is 0.750. The van der Waals surface area contributed by atoms with Gasteiger partial charge in [-0.1, -0.05) is 19.8 Å². The number of aryl methyl sites for hydroxylation is 1. The number of H-pyrrole nitrogens is 1. The molecule has 1 atom stereocenters. The smallest absolute Gasteiger partial charge is 0.103 e. The molecular weight excluding hydrogens is 186 g/mol. The van der Waals surface area contributed by atoms with E-state index in [1.54, 1.807) is 0 Å². The second-order valence-corrected chi connectivity index (χ2v) is 4.66. The van der Waals surface area contributed by atoms with Crippen LogP contribution in [-0.4, -0.2) is 16.0 Å². The first-order valence-electron chi connectivity index (χ1n) is 6.01. The van der Waals surface area contributed by atoms with E-state index in [2.05, 4.69) is 22.2 Å². The van der Waals surface area contributed by atoms with Crippen LogP contribution in [0.2, 0.25) is 0 Å². The molecule has 3 nitrogen and oxygen atoms in total. The molecule has 1 aliphatic carbocycles. The zero-order valence-electron chi connectivity index (χ0n) is 9.71. The highest BCUT2D eigenvalue weighted by molar-refractivity contribution is 4.99. The lowest BCUT2D eigenvalue weighted by Gasteiger charge is -2.15. The van der Waals surface area contributed by atoms with Gasteiger partial charge in [0, 0.05) is 24.5 Å². The number of nitrogens with one attached hydrogen (secondary N) is 2. The Morgan fingerprint density at radius 3 is 2.93 bits per heavy atom. The van der Waals surface area contributed by atoms with Gasteiger partial charge in [-0.05, 0) is 25.7 Å². The van der Waals surface area contributed by atoms with E-state index in [0.717, 1.165) is 18.3 Å². The molecule has 1 fully saturated rings. The molecule has 0 radical (unpaired) electrons. The van der Waals surface area contributed by atoms with Crippen molar-refractivity contribution < 1.29 is 0 Å². The van der Waals surface area contributed by atoms with Crippen LogP contribution in [0.25, 0.3) is 0 Å². The third kappa shape index (κ3) is 3.34. The Morgan fingerprint density at radius 2 is 2.40 bits per heavy atom. The molecule has 1 heterocycles. The molecule has 2 rings (SSSR count). The van der Waals surface area contributed by atoms with Gasteiger partial charge in [-0.2, -0.15) is 0 Å². The second-order valence-electron chi connectivity index (χ2n) is 4.66. The monoisotopic (exact) mass is 207 g/mol. The van der Waals surface area contributed by atoms with E-state index >= 15 is 0 Å². The van der Waals surface area contributed by atoms with Gasteiger partial charge < -0.3 is 10.3 Å². The highest BCUT2D eigenvalue weighted by Crippen LogP contribution is 2.34. The first kappa shape index (κ1) is 10.7. The van der Waals surface area contributed by atoms with Crippen molar-refractivity contribution in [2.75, 3.05) is 0 Å². The van der Waals surface area contributed by atoms with Crippen LogP contribution in [0.4, 0.5) is 0 Å². The molecule has 1 aromatic rings. The second kappa shape index (κ2) is 4.79. The van der Waals surface area contributed by atoms with Gasteiger partial charge in [0.25, 0.3) is 0 Å². The Balaban J connectivity index is 1.74. The number of nitrogens with zero attached hydrogens (tertiary/aromatic N) is 1. The van der Waals surface area contributed by atoms with E-state index in [-0.39, 0.29) is 0 Å². The summed E-state index contributed by atoms with van der Waals surface area (Å²) in [5, 5.41) is 3.60. The fourth-order valence-corrected chi connectivity index (χ4v) is 1.97. The van der Waals surface area contributed by atoms with Gasteiger partial charge in [0.1, 0.15) is 5.82 Å². The lowest BCUT2D eigenvalue weighted by Crippen LogP contribution is -2.28. The first-order chi connectivity index (χ1) is 7.28. The van der Waals surface area contributed by atoms with Crippen LogP contribution in [0.5, 0.6) is 0 Å². The maximum atomic E-state index is 4.20. The van der Waals surface area contributed by atoms with E-state index < -0.39 is 0 Å². The zero-order chi connectivity index (χ0) is 10.7. The lowest BCUT2D eigenvalue weighted by molar-refractivity contribution is 0.442. The zero-order valence-corrected chi connectivity index (χ0v) is 9.71. The Kier molecular flexibility index (Phi) is 3.41. The predicted molar refractivity (Wildman–Crippen MR) is 61.6 cm³/mol. The van der Waals surface area contributed by atoms with E-state index in [4.69, 9.17) is 0 Å². The molecule has 0 bridgehead atoms. The minimum Gasteiger partial charge on any atom is -0.345 e. The summed E-state index contributed by atoms with van der Waals surface area (Å²) in [6.07, 6.45) is 7.39. The van der Waals surface area contributed by atoms with Crippen molar-refractivity contribution in [2.45, 2.75) is 52.1 Å². The summed E-state index contributed by atoms with van der Waals surface area (Å²) < 4.78 is 0. The standard InChI is InChI=1S/C12H21N3/c1-3-11(6-10-4-5-10)14-8-12-7-13-9(2)15-12/h7,10-11,14H,3-6,8H2,1-2H3,(H,13,15). The Labute approximate surface area is 91.7 Å². The maximum Gasteiger partial charge on any atom is 0.103 e. The summed E-state index contributed by atoms with van der Waals surface area (Å²) in [6, 6.07) is 0.682. The molecule has 1 aromatic heterocycles. The van der Waals surface area contributed by atoms with Crippen molar-refractivity contribution in [2.24, 2.45) is 5.92 Å². The Morgan fingerprint density at radius 1 is 1.60 bits per heavy atom. The summed E-state index contributed by atoms with van der Waals surface area (Å²) in [6.45, 7) is 5.18. The average molecular weight is 207 g/mol. The highest BCUT2D eigenvalue weighted by Gasteiger charge is 2.24. The molecule has 0 saturated heterocycles. The predicted octanol–water partition coefficient (Wildman–Crippen LogP) is 2.39. The van der Waals surface area contributed by atoms with Crippen molar-refractivity contribution in [1.82, 2.24) is 15.3 Å². The molecular formula is C12H21N3. The number of aromatic amines is 1. The summed E-state index contributed by atoms with van der Waals surface area (Å²) in [4.78, 5) is 7.45. The van der Waals surface area contributed by atoms with Crippen LogP contribution >= 0.6 is 0 Å². The molecule has 3 heteroatoms. The third-order valence-corrected chi connectivity index (χ3v) is 3.14. The van der Waals surface area contributed by atoms with E-state index in [1.807, 2.05) is 13.1 Å². The third-order valence-electron chi connectivity index (χ3n) is 3.14. The van der Waals surface area contributed by atoms with Gasteiger partial charge in [0.05, 0.1) is 0 Å². The largest absolute Gasteiger partial charge is 0.345 e. The van der Waals surface area contributed by atoms with E-state index in [9.17, 15) is 0 Å². The first-order valence-corrected chi connectivity index (χ1v) is 6.01. The molecule has 15 heavy (non-hydrogen) atoms. The lowest BCUT2D eigenvalue weighted by atomic mass is 10.1. The summed E-state index contributed by atoms with van der Waals surface area (Å²) >= 11 is 0. The average Bonchev–Trinajstić information content (AvgIpc) is 2.95. The van der Waals surface area contributed by atoms with Gasteiger partial charge in [-0.25, -0.2) is 4.98 Å². The number of hydrogen-bond acceptors (Lipinski definition) is 2. The van der Waals surface area contributed by atoms with Gasteiger partial charge in [-0.3, -0.25) is 0 Å². The quantitative estimate of drug-likeness (QED) is 0.752. The molecule has 0 amide bonds. The van der Waals surface area contributed by atoms with E-state index in [0.29, 0.717) is 6.04 Å². The Bertz CT molecular complexity index is 302. The highest BCUT2D eigenvalue weighted by atomic mass is 15.0. The minimum absolute atomic E-state index is 0.682. The number of hydrogen-bond donors (Lipinski definition) is 2. The Hall–Kier alpha value is -0.830. The molecule has 1 unspecified atom stereocenters. The number of aromatic nitrogens is 2. The molecule has 1 aliphatic rings. The molecule has 2 N–H and O–H groups in total. The summed E-state index contributed by atoms with van der Waals surface area (Å²) in [5.41, 5.74) is 1.20. The molecule has 84 valence electrons. The normalized spacial score (nSPS) is 18.0. The molecule has 0 aliphatic heterocycles. The van der Waals surface area contributed by atoms with Gasteiger partial charge >= 0.3 is 0 Å². The van der Waals surface area contributed by atoms with Crippen LogP contribution < -0.4 is 5.32 Å². The van der Waals surface area contributed by atoms with Crippen LogP contribution in [0.1, 0.15) is 44.1 Å². The van der Waals surface area contributed by atoms with Crippen LogP contribution in [0.3, 0.4) is 0 Å². The van der Waals surface area contributed by atoms with Crippen molar-refractivity contribution in [3.8, 4) is 0 Å². The minimum atomic E-state index is 0.682. The fourth-order valence-electron chi connectivity index (χ4n) is 1.97. The number of imidazole rings is 1. The van der Waals surface area contributed by atoms with Gasteiger partial charge in [0.2, 0.25) is 0 Å².